The van der Waals surface area contributed by atoms with Crippen molar-refractivity contribution in [2.75, 3.05) is 6.54 Å². The fourth-order valence-corrected chi connectivity index (χ4v) is 3.42. The predicted octanol–water partition coefficient (Wildman–Crippen LogP) is 2.71. The first-order valence-corrected chi connectivity index (χ1v) is 7.86. The Bertz CT molecular complexity index is 836. The van der Waals surface area contributed by atoms with E-state index < -0.39 is 11.8 Å². The summed E-state index contributed by atoms with van der Waals surface area (Å²) in [5.41, 5.74) is 0.935. The summed E-state index contributed by atoms with van der Waals surface area (Å²) >= 11 is 6.60. The number of nitrogens with zero attached hydrogens (tertiary/aromatic N) is 1. The zero-order valence-electron chi connectivity index (χ0n) is 11.5. The summed E-state index contributed by atoms with van der Waals surface area (Å²) in [5.74, 6) is -0.866. The number of hydrogen-bond donors (Lipinski definition) is 1. The molecule has 22 heavy (non-hydrogen) atoms. The molecule has 3 rings (SSSR count). The molecule has 0 unspecified atom stereocenters. The van der Waals surface area contributed by atoms with Crippen molar-refractivity contribution in [3.8, 4) is 0 Å². The number of thiophene rings is 1. The Balaban J connectivity index is 2.05. The molecule has 2 aromatic rings. The van der Waals surface area contributed by atoms with Gasteiger partial charge < -0.3 is 0 Å². The molecular formula is C16H12N2O2S2. The van der Waals surface area contributed by atoms with Crippen molar-refractivity contribution in [2.45, 2.75) is 0 Å². The number of benzene rings is 1. The van der Waals surface area contributed by atoms with Crippen LogP contribution >= 0.6 is 23.6 Å². The summed E-state index contributed by atoms with van der Waals surface area (Å²) in [6, 6.07) is 7.86. The average Bonchev–Trinajstić information content (AvgIpc) is 2.91. The first-order chi connectivity index (χ1) is 10.6. The van der Waals surface area contributed by atoms with E-state index in [0.717, 1.165) is 15.6 Å². The molecule has 2 amide bonds. The number of nitrogens with one attached hydrogen (secondary N) is 1. The number of carbonyl (C=O) groups is 2. The Labute approximate surface area is 136 Å². The van der Waals surface area contributed by atoms with Crippen LogP contribution in [0.5, 0.6) is 0 Å². The first kappa shape index (κ1) is 14.6. The van der Waals surface area contributed by atoms with Crippen LogP contribution in [0.15, 0.2) is 47.9 Å². The van der Waals surface area contributed by atoms with Crippen molar-refractivity contribution in [2.24, 2.45) is 0 Å². The number of thiocarbonyl (C=S) groups is 1. The molecule has 1 saturated heterocycles. The van der Waals surface area contributed by atoms with Gasteiger partial charge in [0, 0.05) is 11.2 Å². The van der Waals surface area contributed by atoms with Gasteiger partial charge in [-0.3, -0.25) is 19.8 Å². The van der Waals surface area contributed by atoms with Gasteiger partial charge in [0.1, 0.15) is 5.57 Å². The second kappa shape index (κ2) is 5.82. The molecule has 1 aliphatic heterocycles. The Morgan fingerprint density at radius 3 is 2.86 bits per heavy atom. The zero-order valence-corrected chi connectivity index (χ0v) is 13.2. The molecule has 1 aromatic heterocycles. The number of fused-ring (bicyclic) bond motifs is 1. The molecule has 1 aromatic carbocycles. The lowest BCUT2D eigenvalue weighted by Crippen LogP contribution is -2.53. The highest BCUT2D eigenvalue weighted by Gasteiger charge is 2.32. The van der Waals surface area contributed by atoms with Gasteiger partial charge in [0.2, 0.25) is 0 Å². The number of rotatable bonds is 3. The van der Waals surface area contributed by atoms with Crippen molar-refractivity contribution in [3.05, 3.63) is 53.4 Å². The molecule has 0 radical (unpaired) electrons. The molecule has 2 heterocycles. The largest absolute Gasteiger partial charge is 0.298 e. The lowest BCUT2D eigenvalue weighted by atomic mass is 10.1. The number of amides is 2. The maximum atomic E-state index is 12.5. The van der Waals surface area contributed by atoms with Crippen molar-refractivity contribution in [3.63, 3.8) is 0 Å². The molecule has 1 N–H and O–H groups in total. The van der Waals surface area contributed by atoms with E-state index in [-0.39, 0.29) is 17.2 Å². The van der Waals surface area contributed by atoms with Gasteiger partial charge in [-0.1, -0.05) is 24.3 Å². The third kappa shape index (κ3) is 2.47. The smallest absolute Gasteiger partial charge is 0.265 e. The minimum atomic E-state index is -0.467. The summed E-state index contributed by atoms with van der Waals surface area (Å²) in [4.78, 5) is 25.9. The van der Waals surface area contributed by atoms with Gasteiger partial charge in [0.15, 0.2) is 5.11 Å². The van der Waals surface area contributed by atoms with Crippen LogP contribution in [0.4, 0.5) is 0 Å². The first-order valence-electron chi connectivity index (χ1n) is 6.58. The minimum Gasteiger partial charge on any atom is -0.298 e. The molecule has 6 heteroatoms. The normalized spacial score (nSPS) is 17.2. The fourth-order valence-electron chi connectivity index (χ4n) is 2.25. The van der Waals surface area contributed by atoms with Crippen LogP contribution in [0.2, 0.25) is 0 Å². The van der Waals surface area contributed by atoms with Crippen molar-refractivity contribution >= 4 is 56.6 Å². The highest BCUT2D eigenvalue weighted by molar-refractivity contribution is 7.80. The number of hydrogen-bond acceptors (Lipinski definition) is 4. The SMILES string of the molecule is C=CCN1C(=O)C(=Cc2csc3ccccc23)C(=O)NC1=S. The third-order valence-electron chi connectivity index (χ3n) is 3.31. The topological polar surface area (TPSA) is 49.4 Å². The Kier molecular flexibility index (Phi) is 3.87. The van der Waals surface area contributed by atoms with Gasteiger partial charge in [-0.05, 0) is 40.7 Å². The second-order valence-electron chi connectivity index (χ2n) is 4.71. The highest BCUT2D eigenvalue weighted by Crippen LogP contribution is 2.28. The van der Waals surface area contributed by atoms with Crippen molar-refractivity contribution in [1.29, 1.82) is 0 Å². The van der Waals surface area contributed by atoms with Gasteiger partial charge in [0.05, 0.1) is 0 Å². The van der Waals surface area contributed by atoms with Crippen LogP contribution in [0.25, 0.3) is 16.2 Å². The number of carbonyl (C=O) groups excluding carboxylic acids is 2. The van der Waals surface area contributed by atoms with Gasteiger partial charge in [-0.2, -0.15) is 0 Å². The van der Waals surface area contributed by atoms with Crippen LogP contribution in [0.1, 0.15) is 5.56 Å². The lowest BCUT2D eigenvalue weighted by molar-refractivity contribution is -0.128. The average molecular weight is 328 g/mol. The van der Waals surface area contributed by atoms with Gasteiger partial charge in [0.25, 0.3) is 11.8 Å². The molecule has 0 spiro atoms. The summed E-state index contributed by atoms with van der Waals surface area (Å²) in [6.07, 6.45) is 3.19. The van der Waals surface area contributed by atoms with E-state index in [1.807, 2.05) is 29.6 Å². The van der Waals surface area contributed by atoms with Gasteiger partial charge >= 0.3 is 0 Å². The van der Waals surface area contributed by atoms with E-state index in [9.17, 15) is 9.59 Å². The van der Waals surface area contributed by atoms with Crippen molar-refractivity contribution in [1.82, 2.24) is 10.2 Å². The zero-order chi connectivity index (χ0) is 15.7. The predicted molar refractivity (Wildman–Crippen MR) is 92.5 cm³/mol. The fraction of sp³-hybridized carbons (Fsp3) is 0.0625. The molecule has 0 saturated carbocycles. The quantitative estimate of drug-likeness (QED) is 0.408. The molecule has 0 atom stereocenters. The molecule has 1 fully saturated rings. The van der Waals surface area contributed by atoms with E-state index in [4.69, 9.17) is 12.2 Å². The summed E-state index contributed by atoms with van der Waals surface area (Å²) < 4.78 is 1.11. The second-order valence-corrected chi connectivity index (χ2v) is 6.01. The van der Waals surface area contributed by atoms with E-state index in [2.05, 4.69) is 11.9 Å². The Morgan fingerprint density at radius 1 is 1.32 bits per heavy atom. The summed E-state index contributed by atoms with van der Waals surface area (Å²) in [6.45, 7) is 3.86. The highest BCUT2D eigenvalue weighted by atomic mass is 32.1. The van der Waals surface area contributed by atoms with Crippen LogP contribution in [-0.2, 0) is 9.59 Å². The van der Waals surface area contributed by atoms with Crippen molar-refractivity contribution < 1.29 is 9.59 Å². The summed E-state index contributed by atoms with van der Waals surface area (Å²) in [5, 5.41) is 5.60. The molecule has 0 bridgehead atoms. The monoisotopic (exact) mass is 328 g/mol. The minimum absolute atomic E-state index is 0.0824. The van der Waals surface area contributed by atoms with Crippen LogP contribution in [0.3, 0.4) is 0 Å². The van der Waals surface area contributed by atoms with Gasteiger partial charge in [-0.25, -0.2) is 0 Å². The third-order valence-corrected chi connectivity index (χ3v) is 4.61. The molecule has 4 nitrogen and oxygen atoms in total. The van der Waals surface area contributed by atoms with Crippen LogP contribution < -0.4 is 5.32 Å². The lowest BCUT2D eigenvalue weighted by Gasteiger charge is -2.27. The Morgan fingerprint density at radius 2 is 2.09 bits per heavy atom. The maximum absolute atomic E-state index is 12.5. The summed E-state index contributed by atoms with van der Waals surface area (Å²) in [7, 11) is 0. The van der Waals surface area contributed by atoms with E-state index in [0.29, 0.717) is 0 Å². The van der Waals surface area contributed by atoms with E-state index in [1.54, 1.807) is 23.5 Å². The molecular weight excluding hydrogens is 316 g/mol. The van der Waals surface area contributed by atoms with Crippen LogP contribution in [-0.4, -0.2) is 28.4 Å². The molecule has 0 aliphatic carbocycles. The molecule has 110 valence electrons. The van der Waals surface area contributed by atoms with E-state index >= 15 is 0 Å². The Hall–Kier alpha value is -2.31. The maximum Gasteiger partial charge on any atom is 0.265 e. The van der Waals surface area contributed by atoms with Crippen LogP contribution in [0, 0.1) is 0 Å². The standard InChI is InChI=1S/C16H12N2O2S2/c1-2-7-18-15(20)12(14(19)17-16(18)21)8-10-9-22-13-6-4-3-5-11(10)13/h2-6,8-9H,1,7H2,(H,17,19,21). The van der Waals surface area contributed by atoms with Gasteiger partial charge in [-0.15, -0.1) is 17.9 Å². The molecule has 1 aliphatic rings. The van der Waals surface area contributed by atoms with E-state index in [1.165, 1.54) is 4.90 Å².